The van der Waals surface area contributed by atoms with E-state index in [1.165, 1.54) is 0 Å². The highest BCUT2D eigenvalue weighted by Crippen LogP contribution is 2.30. The van der Waals surface area contributed by atoms with E-state index in [1.807, 2.05) is 48.5 Å². The number of hydrogen-bond donors (Lipinski definition) is 2. The monoisotopic (exact) mass is 329 g/mol. The number of H-pyrrole nitrogens is 1. The maximum atomic E-state index is 12.0. The van der Waals surface area contributed by atoms with E-state index in [1.54, 1.807) is 6.20 Å². The van der Waals surface area contributed by atoms with Crippen molar-refractivity contribution >= 4 is 16.9 Å². The summed E-state index contributed by atoms with van der Waals surface area (Å²) < 4.78 is 5.91. The van der Waals surface area contributed by atoms with Gasteiger partial charge in [0.15, 0.2) is 5.76 Å². The van der Waals surface area contributed by atoms with Crippen molar-refractivity contribution in [3.8, 4) is 22.7 Å². The molecule has 5 nitrogen and oxygen atoms in total. The molecule has 0 spiro atoms. The molecule has 5 rings (SSSR count). The molecule has 1 aliphatic rings. The molecule has 0 saturated heterocycles. The predicted molar refractivity (Wildman–Crippen MR) is 95.3 cm³/mol. The molecule has 4 heterocycles. The number of amides is 1. The van der Waals surface area contributed by atoms with E-state index in [-0.39, 0.29) is 5.91 Å². The number of rotatable bonds is 2. The number of benzene rings is 1. The summed E-state index contributed by atoms with van der Waals surface area (Å²) in [7, 11) is 0. The topological polar surface area (TPSA) is 70.9 Å². The molecule has 2 N–H and O–H groups in total. The van der Waals surface area contributed by atoms with E-state index in [2.05, 4.69) is 15.3 Å². The van der Waals surface area contributed by atoms with Gasteiger partial charge >= 0.3 is 0 Å². The van der Waals surface area contributed by atoms with Crippen molar-refractivity contribution in [3.63, 3.8) is 0 Å². The third kappa shape index (κ3) is 2.32. The van der Waals surface area contributed by atoms with Gasteiger partial charge in [-0.1, -0.05) is 18.2 Å². The summed E-state index contributed by atoms with van der Waals surface area (Å²) in [6.07, 6.45) is 2.58. The summed E-state index contributed by atoms with van der Waals surface area (Å²) >= 11 is 0. The lowest BCUT2D eigenvalue weighted by atomic mass is 10.1. The summed E-state index contributed by atoms with van der Waals surface area (Å²) in [5, 5.41) is 3.92. The zero-order chi connectivity index (χ0) is 16.8. The second-order valence-electron chi connectivity index (χ2n) is 6.16. The first-order valence-corrected chi connectivity index (χ1v) is 8.23. The molecule has 4 aromatic rings. The second-order valence-corrected chi connectivity index (χ2v) is 6.16. The smallest absolute Gasteiger partial charge is 0.253 e. The molecule has 25 heavy (non-hydrogen) atoms. The van der Waals surface area contributed by atoms with Crippen LogP contribution in [0.4, 0.5) is 0 Å². The van der Waals surface area contributed by atoms with Gasteiger partial charge in [0.05, 0.1) is 5.56 Å². The van der Waals surface area contributed by atoms with Crippen LogP contribution in [-0.4, -0.2) is 22.4 Å². The highest BCUT2D eigenvalue weighted by Gasteiger charge is 2.20. The van der Waals surface area contributed by atoms with Crippen LogP contribution in [-0.2, 0) is 6.42 Å². The third-order valence-electron chi connectivity index (χ3n) is 4.55. The summed E-state index contributed by atoms with van der Waals surface area (Å²) in [6, 6.07) is 15.7. The van der Waals surface area contributed by atoms with E-state index in [4.69, 9.17) is 4.42 Å². The Balaban J connectivity index is 1.58. The Bertz CT molecular complexity index is 1070. The van der Waals surface area contributed by atoms with E-state index in [0.717, 1.165) is 51.4 Å². The summed E-state index contributed by atoms with van der Waals surface area (Å²) in [4.78, 5) is 19.8. The minimum absolute atomic E-state index is 0.0182. The van der Waals surface area contributed by atoms with Gasteiger partial charge in [0, 0.05) is 41.5 Å². The highest BCUT2D eigenvalue weighted by atomic mass is 16.3. The first-order chi connectivity index (χ1) is 12.3. The van der Waals surface area contributed by atoms with Crippen LogP contribution >= 0.6 is 0 Å². The van der Waals surface area contributed by atoms with Gasteiger partial charge in [0.25, 0.3) is 5.91 Å². The van der Waals surface area contributed by atoms with Gasteiger partial charge in [-0.25, -0.2) is 0 Å². The summed E-state index contributed by atoms with van der Waals surface area (Å²) in [6.45, 7) is 0.673. The van der Waals surface area contributed by atoms with Crippen molar-refractivity contribution in [2.24, 2.45) is 0 Å². The number of carbonyl (C=O) groups excluding carboxylic acids is 1. The zero-order valence-electron chi connectivity index (χ0n) is 13.4. The standard InChI is InChI=1S/C20H15N3O2/c24-20-14-11-16(23-15(14)6-8-22-20)12-5-7-21-17(9-12)19-10-13-3-1-2-4-18(13)25-19/h1-5,7,9-11,23H,6,8H2,(H,22,24). The van der Waals surface area contributed by atoms with Gasteiger partial charge in [0.1, 0.15) is 11.3 Å². The number of nitrogens with one attached hydrogen (secondary N) is 2. The van der Waals surface area contributed by atoms with Crippen molar-refractivity contribution in [3.05, 3.63) is 66.0 Å². The lowest BCUT2D eigenvalue weighted by Gasteiger charge is -2.10. The zero-order valence-corrected chi connectivity index (χ0v) is 13.4. The van der Waals surface area contributed by atoms with E-state index >= 15 is 0 Å². The number of aromatic nitrogens is 2. The van der Waals surface area contributed by atoms with Crippen molar-refractivity contribution in [1.29, 1.82) is 0 Å². The van der Waals surface area contributed by atoms with Crippen molar-refractivity contribution in [1.82, 2.24) is 15.3 Å². The van der Waals surface area contributed by atoms with Crippen LogP contribution in [0.1, 0.15) is 16.1 Å². The molecule has 0 radical (unpaired) electrons. The normalized spacial score (nSPS) is 13.7. The van der Waals surface area contributed by atoms with Gasteiger partial charge in [-0.05, 0) is 30.3 Å². The molecular formula is C20H15N3O2. The Kier molecular flexibility index (Phi) is 3.00. The molecule has 1 aliphatic heterocycles. The number of pyridine rings is 1. The largest absolute Gasteiger partial charge is 0.454 e. The van der Waals surface area contributed by atoms with Crippen LogP contribution in [0.25, 0.3) is 33.7 Å². The molecule has 0 unspecified atom stereocenters. The van der Waals surface area contributed by atoms with E-state index < -0.39 is 0 Å². The molecule has 0 bridgehead atoms. The number of furan rings is 1. The number of fused-ring (bicyclic) bond motifs is 2. The predicted octanol–water partition coefficient (Wildman–Crippen LogP) is 3.78. The van der Waals surface area contributed by atoms with Crippen LogP contribution in [0, 0.1) is 0 Å². The van der Waals surface area contributed by atoms with E-state index in [9.17, 15) is 4.79 Å². The van der Waals surface area contributed by atoms with Crippen molar-refractivity contribution < 1.29 is 9.21 Å². The molecule has 0 atom stereocenters. The van der Waals surface area contributed by atoms with Gasteiger partial charge in [-0.2, -0.15) is 0 Å². The molecule has 1 aromatic carbocycles. The van der Waals surface area contributed by atoms with Crippen LogP contribution in [0.3, 0.4) is 0 Å². The molecule has 3 aromatic heterocycles. The minimum Gasteiger partial charge on any atom is -0.454 e. The van der Waals surface area contributed by atoms with Crippen LogP contribution in [0.15, 0.2) is 59.1 Å². The Morgan fingerprint density at radius 2 is 2.00 bits per heavy atom. The van der Waals surface area contributed by atoms with Gasteiger partial charge in [-0.3, -0.25) is 9.78 Å². The van der Waals surface area contributed by atoms with Gasteiger partial charge in [-0.15, -0.1) is 0 Å². The maximum Gasteiger partial charge on any atom is 0.253 e. The Hall–Kier alpha value is -3.34. The lowest BCUT2D eigenvalue weighted by molar-refractivity contribution is 0.0946. The third-order valence-corrected chi connectivity index (χ3v) is 4.55. The minimum atomic E-state index is -0.0182. The maximum absolute atomic E-state index is 12.0. The number of hydrogen-bond acceptors (Lipinski definition) is 3. The SMILES string of the molecule is O=C1NCCc2[nH]c(-c3ccnc(-c4cc5ccccc5o4)c3)cc21. The van der Waals surface area contributed by atoms with Crippen LogP contribution in [0.5, 0.6) is 0 Å². The Morgan fingerprint density at radius 1 is 1.08 bits per heavy atom. The first kappa shape index (κ1) is 14.0. The van der Waals surface area contributed by atoms with E-state index in [0.29, 0.717) is 6.54 Å². The number of aromatic amines is 1. The fourth-order valence-corrected chi connectivity index (χ4v) is 3.29. The number of carbonyl (C=O) groups is 1. The fourth-order valence-electron chi connectivity index (χ4n) is 3.29. The number of nitrogens with zero attached hydrogens (tertiary/aromatic N) is 1. The molecule has 0 saturated carbocycles. The lowest BCUT2D eigenvalue weighted by Crippen LogP contribution is -2.31. The number of para-hydroxylation sites is 1. The molecule has 0 aliphatic carbocycles. The Labute approximate surface area is 143 Å². The highest BCUT2D eigenvalue weighted by molar-refractivity contribution is 5.97. The second kappa shape index (κ2) is 5.34. The van der Waals surface area contributed by atoms with Crippen molar-refractivity contribution in [2.75, 3.05) is 6.54 Å². The Morgan fingerprint density at radius 3 is 2.88 bits per heavy atom. The molecular weight excluding hydrogens is 314 g/mol. The molecule has 5 heteroatoms. The summed E-state index contributed by atoms with van der Waals surface area (Å²) in [5.41, 5.74) is 5.22. The quantitative estimate of drug-likeness (QED) is 0.588. The average Bonchev–Trinajstić information content (AvgIpc) is 3.27. The fraction of sp³-hybridized carbons (Fsp3) is 0.100. The van der Waals surface area contributed by atoms with Crippen LogP contribution < -0.4 is 5.32 Å². The average molecular weight is 329 g/mol. The van der Waals surface area contributed by atoms with Crippen LogP contribution in [0.2, 0.25) is 0 Å². The molecule has 0 fully saturated rings. The molecule has 122 valence electrons. The summed E-state index contributed by atoms with van der Waals surface area (Å²) in [5.74, 6) is 0.715. The van der Waals surface area contributed by atoms with Gasteiger partial charge in [0.2, 0.25) is 0 Å². The van der Waals surface area contributed by atoms with Crippen molar-refractivity contribution in [2.45, 2.75) is 6.42 Å². The van der Waals surface area contributed by atoms with Gasteiger partial charge < -0.3 is 14.7 Å². The first-order valence-electron chi connectivity index (χ1n) is 8.23. The molecule has 1 amide bonds.